The van der Waals surface area contributed by atoms with Crippen molar-refractivity contribution < 1.29 is 0 Å². The van der Waals surface area contributed by atoms with Crippen LogP contribution in [0.5, 0.6) is 0 Å². The number of benzene rings is 1. The lowest BCUT2D eigenvalue weighted by molar-refractivity contribution is 0.220. The molecule has 1 saturated carbocycles. The molecule has 3 heteroatoms. The summed E-state index contributed by atoms with van der Waals surface area (Å²) in [7, 11) is 0. The molecule has 0 aliphatic heterocycles. The summed E-state index contributed by atoms with van der Waals surface area (Å²) in [6, 6.07) is 6.33. The molecule has 1 nitrogen and oxygen atoms in total. The predicted octanol–water partition coefficient (Wildman–Crippen LogP) is 5.86. The third-order valence-electron chi connectivity index (χ3n) is 4.68. The highest BCUT2D eigenvalue weighted by molar-refractivity contribution is 6.42. The Morgan fingerprint density at radius 2 is 1.85 bits per heavy atom. The Hall–Kier alpha value is -0.240. The van der Waals surface area contributed by atoms with Crippen LogP contribution in [0.15, 0.2) is 18.2 Å². The van der Waals surface area contributed by atoms with Crippen LogP contribution in [0.2, 0.25) is 10.0 Å². The SMILES string of the molecule is CCNC(c1cccc(Cl)c1Cl)C1CCC(CC)CC1. The van der Waals surface area contributed by atoms with Crippen molar-refractivity contribution >= 4 is 23.2 Å². The fraction of sp³-hybridized carbons (Fsp3) is 0.647. The second kappa shape index (κ2) is 7.68. The lowest BCUT2D eigenvalue weighted by atomic mass is 9.76. The molecule has 1 aliphatic carbocycles. The molecule has 1 unspecified atom stereocenters. The van der Waals surface area contributed by atoms with E-state index in [1.807, 2.05) is 12.1 Å². The summed E-state index contributed by atoms with van der Waals surface area (Å²) in [5, 5.41) is 5.01. The first kappa shape index (κ1) is 16.1. The van der Waals surface area contributed by atoms with E-state index in [2.05, 4.69) is 25.2 Å². The quantitative estimate of drug-likeness (QED) is 0.717. The van der Waals surface area contributed by atoms with Gasteiger partial charge in [-0.15, -0.1) is 0 Å². The zero-order chi connectivity index (χ0) is 14.5. The minimum absolute atomic E-state index is 0.337. The number of halogens is 2. The van der Waals surface area contributed by atoms with Gasteiger partial charge in [-0.2, -0.15) is 0 Å². The van der Waals surface area contributed by atoms with Crippen molar-refractivity contribution in [3.8, 4) is 0 Å². The van der Waals surface area contributed by atoms with E-state index in [0.717, 1.165) is 17.5 Å². The third-order valence-corrected chi connectivity index (χ3v) is 5.51. The highest BCUT2D eigenvalue weighted by Crippen LogP contribution is 2.41. The van der Waals surface area contributed by atoms with Crippen molar-refractivity contribution in [2.24, 2.45) is 11.8 Å². The first-order valence-corrected chi connectivity index (χ1v) is 8.60. The lowest BCUT2D eigenvalue weighted by Gasteiger charge is -2.34. The Kier molecular flexibility index (Phi) is 6.20. The van der Waals surface area contributed by atoms with E-state index in [1.54, 1.807) is 0 Å². The number of rotatable bonds is 5. The summed E-state index contributed by atoms with van der Waals surface area (Å²) < 4.78 is 0. The topological polar surface area (TPSA) is 12.0 Å². The van der Waals surface area contributed by atoms with Gasteiger partial charge in [0.15, 0.2) is 0 Å². The van der Waals surface area contributed by atoms with Crippen molar-refractivity contribution in [1.82, 2.24) is 5.32 Å². The Morgan fingerprint density at radius 3 is 2.45 bits per heavy atom. The molecule has 2 rings (SSSR count). The predicted molar refractivity (Wildman–Crippen MR) is 88.6 cm³/mol. The van der Waals surface area contributed by atoms with Gasteiger partial charge in [0.05, 0.1) is 10.0 Å². The van der Waals surface area contributed by atoms with Gasteiger partial charge < -0.3 is 5.32 Å². The molecule has 0 saturated heterocycles. The molecule has 1 N–H and O–H groups in total. The fourth-order valence-electron chi connectivity index (χ4n) is 3.44. The third kappa shape index (κ3) is 3.69. The Balaban J connectivity index is 2.17. The molecule has 1 fully saturated rings. The maximum atomic E-state index is 6.43. The van der Waals surface area contributed by atoms with Crippen molar-refractivity contribution in [2.75, 3.05) is 6.54 Å². The van der Waals surface area contributed by atoms with Crippen LogP contribution < -0.4 is 5.32 Å². The van der Waals surface area contributed by atoms with Crippen molar-refractivity contribution in [2.45, 2.75) is 52.0 Å². The van der Waals surface area contributed by atoms with Crippen LogP contribution in [0, 0.1) is 11.8 Å². The summed E-state index contributed by atoms with van der Waals surface area (Å²) in [5.74, 6) is 1.59. The minimum atomic E-state index is 0.337. The summed E-state index contributed by atoms with van der Waals surface area (Å²) in [4.78, 5) is 0. The normalized spacial score (nSPS) is 24.6. The first-order chi connectivity index (χ1) is 9.67. The average molecular weight is 314 g/mol. The molecule has 1 atom stereocenters. The molecular weight excluding hydrogens is 289 g/mol. The zero-order valence-electron chi connectivity index (χ0n) is 12.5. The largest absolute Gasteiger partial charge is 0.310 e. The van der Waals surface area contributed by atoms with E-state index in [-0.39, 0.29) is 0 Å². The molecule has 0 radical (unpaired) electrons. The molecule has 0 spiro atoms. The van der Waals surface area contributed by atoms with Gasteiger partial charge in [-0.05, 0) is 42.9 Å². The van der Waals surface area contributed by atoms with Crippen molar-refractivity contribution in [3.63, 3.8) is 0 Å². The molecule has 0 aromatic heterocycles. The smallest absolute Gasteiger partial charge is 0.0640 e. The monoisotopic (exact) mass is 313 g/mol. The summed E-state index contributed by atoms with van der Waals surface area (Å²) in [6.45, 7) is 5.42. The maximum absolute atomic E-state index is 6.43. The molecule has 1 aromatic rings. The standard InChI is InChI=1S/C17H25Cl2N/c1-3-12-8-10-13(11-9-12)17(20-4-2)14-6-5-7-15(18)16(14)19/h5-7,12-13,17,20H,3-4,8-11H2,1-2H3. The Labute approximate surface area is 133 Å². The van der Waals surface area contributed by atoms with Crippen LogP contribution in [0.25, 0.3) is 0 Å². The lowest BCUT2D eigenvalue weighted by Crippen LogP contribution is -2.31. The highest BCUT2D eigenvalue weighted by atomic mass is 35.5. The molecular formula is C17H25Cl2N. The molecule has 0 heterocycles. The highest BCUT2D eigenvalue weighted by Gasteiger charge is 2.29. The number of hydrogen-bond donors (Lipinski definition) is 1. The summed E-state index contributed by atoms with van der Waals surface area (Å²) in [6.07, 6.45) is 6.59. The molecule has 1 aromatic carbocycles. The van der Waals surface area contributed by atoms with E-state index in [9.17, 15) is 0 Å². The second-order valence-electron chi connectivity index (χ2n) is 5.87. The van der Waals surface area contributed by atoms with E-state index < -0.39 is 0 Å². The maximum Gasteiger partial charge on any atom is 0.0640 e. The summed E-state index contributed by atoms with van der Waals surface area (Å²) in [5.41, 5.74) is 1.17. The average Bonchev–Trinajstić information content (AvgIpc) is 2.48. The second-order valence-corrected chi connectivity index (χ2v) is 6.65. The van der Waals surface area contributed by atoms with Crippen LogP contribution in [0.3, 0.4) is 0 Å². The summed E-state index contributed by atoms with van der Waals surface area (Å²) >= 11 is 12.6. The number of hydrogen-bond acceptors (Lipinski definition) is 1. The van der Waals surface area contributed by atoms with Gasteiger partial charge in [-0.25, -0.2) is 0 Å². The molecule has 112 valence electrons. The van der Waals surface area contributed by atoms with Crippen molar-refractivity contribution in [3.05, 3.63) is 33.8 Å². The molecule has 0 bridgehead atoms. The van der Waals surface area contributed by atoms with Gasteiger partial charge >= 0.3 is 0 Å². The van der Waals surface area contributed by atoms with Crippen LogP contribution >= 0.6 is 23.2 Å². The zero-order valence-corrected chi connectivity index (χ0v) is 14.0. The van der Waals surface area contributed by atoms with Crippen LogP contribution in [-0.4, -0.2) is 6.54 Å². The van der Waals surface area contributed by atoms with Gasteiger partial charge in [-0.3, -0.25) is 0 Å². The van der Waals surface area contributed by atoms with Gasteiger partial charge in [-0.1, -0.05) is 68.4 Å². The van der Waals surface area contributed by atoms with E-state index >= 15 is 0 Å². The van der Waals surface area contributed by atoms with E-state index in [0.29, 0.717) is 17.0 Å². The van der Waals surface area contributed by atoms with Crippen LogP contribution in [0.4, 0.5) is 0 Å². The van der Waals surface area contributed by atoms with Crippen LogP contribution in [0.1, 0.15) is 57.6 Å². The Bertz CT molecular complexity index is 425. The molecule has 20 heavy (non-hydrogen) atoms. The van der Waals surface area contributed by atoms with E-state index in [1.165, 1.54) is 37.7 Å². The first-order valence-electron chi connectivity index (χ1n) is 7.84. The molecule has 1 aliphatic rings. The molecule has 0 amide bonds. The Morgan fingerprint density at radius 1 is 1.15 bits per heavy atom. The van der Waals surface area contributed by atoms with Crippen molar-refractivity contribution in [1.29, 1.82) is 0 Å². The van der Waals surface area contributed by atoms with Crippen LogP contribution in [-0.2, 0) is 0 Å². The fourth-order valence-corrected chi connectivity index (χ4v) is 3.87. The van der Waals surface area contributed by atoms with Gasteiger partial charge in [0.2, 0.25) is 0 Å². The van der Waals surface area contributed by atoms with Gasteiger partial charge in [0.1, 0.15) is 0 Å². The van der Waals surface area contributed by atoms with Gasteiger partial charge in [0, 0.05) is 6.04 Å². The van der Waals surface area contributed by atoms with E-state index in [4.69, 9.17) is 23.2 Å². The minimum Gasteiger partial charge on any atom is -0.310 e. The number of nitrogens with one attached hydrogen (secondary N) is 1. The van der Waals surface area contributed by atoms with Gasteiger partial charge in [0.25, 0.3) is 0 Å².